The molecule has 2 aliphatic heterocycles. The van der Waals surface area contributed by atoms with Gasteiger partial charge >= 0.3 is 0 Å². The molecule has 32 heavy (non-hydrogen) atoms. The first-order valence-electron chi connectivity index (χ1n) is 12.2. The van der Waals surface area contributed by atoms with E-state index in [0.717, 1.165) is 50.0 Å². The monoisotopic (exact) mass is 438 g/mol. The predicted octanol–water partition coefficient (Wildman–Crippen LogP) is 2.97. The van der Waals surface area contributed by atoms with Gasteiger partial charge in [-0.15, -0.1) is 0 Å². The number of carbonyl (C=O) groups excluding carboxylic acids is 1. The van der Waals surface area contributed by atoms with Crippen molar-refractivity contribution in [3.8, 4) is 0 Å². The summed E-state index contributed by atoms with van der Waals surface area (Å²) in [7, 11) is 0. The Labute approximate surface area is 189 Å². The van der Waals surface area contributed by atoms with Crippen LogP contribution in [0.1, 0.15) is 87.5 Å². The lowest BCUT2D eigenvalue weighted by Crippen LogP contribution is -2.43. The van der Waals surface area contributed by atoms with Gasteiger partial charge in [-0.3, -0.25) is 19.2 Å². The Morgan fingerprint density at radius 2 is 2.00 bits per heavy atom. The Morgan fingerprint density at radius 3 is 2.78 bits per heavy atom. The smallest absolute Gasteiger partial charge is 0.254 e. The molecule has 0 bridgehead atoms. The summed E-state index contributed by atoms with van der Waals surface area (Å²) in [6.45, 7) is 4.43. The van der Waals surface area contributed by atoms with Crippen LogP contribution in [0.3, 0.4) is 0 Å². The molecule has 3 aliphatic rings. The van der Waals surface area contributed by atoms with Crippen molar-refractivity contribution in [2.45, 2.75) is 89.4 Å². The van der Waals surface area contributed by atoms with Gasteiger partial charge in [-0.05, 0) is 51.5 Å². The van der Waals surface area contributed by atoms with Crippen molar-refractivity contribution in [1.82, 2.24) is 29.5 Å². The number of amides is 1. The normalized spacial score (nSPS) is 23.3. The summed E-state index contributed by atoms with van der Waals surface area (Å²) in [4.78, 5) is 38.7. The molecule has 2 aromatic heterocycles. The molecule has 1 aliphatic carbocycles. The molecule has 1 N–H and O–H groups in total. The summed E-state index contributed by atoms with van der Waals surface area (Å²) in [5.74, 6) is 0.771. The molecular formula is C24H34N6O2. The van der Waals surface area contributed by atoms with E-state index in [1.54, 1.807) is 6.20 Å². The number of H-pyrrole nitrogens is 1. The number of nitrogens with zero attached hydrogens (tertiary/aromatic N) is 5. The molecule has 0 radical (unpaired) electrons. The fourth-order valence-electron chi connectivity index (χ4n) is 5.74. The maximum absolute atomic E-state index is 13.2. The van der Waals surface area contributed by atoms with E-state index < -0.39 is 0 Å². The first-order valence-corrected chi connectivity index (χ1v) is 12.2. The largest absolute Gasteiger partial charge is 0.332 e. The Kier molecular flexibility index (Phi) is 6.13. The fourth-order valence-corrected chi connectivity index (χ4v) is 5.74. The summed E-state index contributed by atoms with van der Waals surface area (Å²) in [5, 5.41) is 4.27. The Bertz CT molecular complexity index is 994. The van der Waals surface area contributed by atoms with E-state index >= 15 is 0 Å². The number of nitrogens with one attached hydrogen (secondary N) is 1. The molecule has 2 aromatic rings. The van der Waals surface area contributed by atoms with Gasteiger partial charge in [0.1, 0.15) is 5.82 Å². The highest BCUT2D eigenvalue weighted by Crippen LogP contribution is 2.32. The minimum absolute atomic E-state index is 0.00409. The maximum Gasteiger partial charge on any atom is 0.254 e. The van der Waals surface area contributed by atoms with Crippen LogP contribution in [-0.2, 0) is 17.8 Å². The lowest BCUT2D eigenvalue weighted by molar-refractivity contribution is -0.136. The third-order valence-electron chi connectivity index (χ3n) is 7.55. The number of aromatic nitrogens is 4. The summed E-state index contributed by atoms with van der Waals surface area (Å²) in [5.41, 5.74) is 1.74. The standard InChI is InChI=1S/C24H34N6O2/c1-17(30-13-6-11-25-30)15-22(31)29-12-5-4-9-21(29)23-26-20-16-28(18-7-2-3-8-18)14-10-19(20)24(32)27-23/h6,11,13,17-18,21H,2-5,7-10,12,14-16H2,1H3,(H,26,27,32)/t17-,21-/m0/s1. The first-order chi connectivity index (χ1) is 15.6. The molecule has 0 aromatic carbocycles. The van der Waals surface area contributed by atoms with Gasteiger partial charge in [0.25, 0.3) is 5.56 Å². The molecule has 1 saturated carbocycles. The highest BCUT2D eigenvalue weighted by atomic mass is 16.2. The molecule has 172 valence electrons. The van der Waals surface area contributed by atoms with Gasteiger partial charge in [0.2, 0.25) is 5.91 Å². The van der Waals surface area contributed by atoms with Crippen molar-refractivity contribution in [3.63, 3.8) is 0 Å². The molecule has 8 nitrogen and oxygen atoms in total. The van der Waals surface area contributed by atoms with Gasteiger partial charge in [-0.25, -0.2) is 4.98 Å². The number of hydrogen-bond acceptors (Lipinski definition) is 5. The molecule has 1 amide bonds. The van der Waals surface area contributed by atoms with Crippen molar-refractivity contribution >= 4 is 5.91 Å². The average Bonchev–Trinajstić information content (AvgIpc) is 3.53. The van der Waals surface area contributed by atoms with Crippen LogP contribution in [0.15, 0.2) is 23.3 Å². The molecule has 8 heteroatoms. The van der Waals surface area contributed by atoms with Crippen LogP contribution in [0, 0.1) is 0 Å². The summed E-state index contributed by atoms with van der Waals surface area (Å²) >= 11 is 0. The zero-order valence-electron chi connectivity index (χ0n) is 19.0. The van der Waals surface area contributed by atoms with Crippen molar-refractivity contribution in [3.05, 3.63) is 45.9 Å². The quantitative estimate of drug-likeness (QED) is 0.776. The lowest BCUT2D eigenvalue weighted by Gasteiger charge is -2.37. The van der Waals surface area contributed by atoms with E-state index in [9.17, 15) is 9.59 Å². The van der Waals surface area contributed by atoms with Gasteiger partial charge < -0.3 is 9.88 Å². The Hall–Kier alpha value is -2.48. The van der Waals surface area contributed by atoms with Crippen LogP contribution in [-0.4, -0.2) is 54.6 Å². The zero-order valence-corrected chi connectivity index (χ0v) is 19.0. The topological polar surface area (TPSA) is 87.1 Å². The van der Waals surface area contributed by atoms with Crippen LogP contribution in [0.25, 0.3) is 0 Å². The van der Waals surface area contributed by atoms with E-state index in [0.29, 0.717) is 24.8 Å². The van der Waals surface area contributed by atoms with Gasteiger partial charge in [-0.1, -0.05) is 12.8 Å². The predicted molar refractivity (Wildman–Crippen MR) is 121 cm³/mol. The Morgan fingerprint density at radius 1 is 1.19 bits per heavy atom. The van der Waals surface area contributed by atoms with Gasteiger partial charge in [-0.2, -0.15) is 5.10 Å². The number of likely N-dealkylation sites (tertiary alicyclic amines) is 1. The molecule has 2 atom stereocenters. The second-order valence-electron chi connectivity index (χ2n) is 9.67. The van der Waals surface area contributed by atoms with E-state index in [2.05, 4.69) is 15.0 Å². The third kappa shape index (κ3) is 4.25. The number of piperidine rings is 1. The second kappa shape index (κ2) is 9.17. The molecule has 0 unspecified atom stereocenters. The van der Waals surface area contributed by atoms with E-state index in [4.69, 9.17) is 4.98 Å². The number of carbonyl (C=O) groups is 1. The second-order valence-corrected chi connectivity index (χ2v) is 9.67. The van der Waals surface area contributed by atoms with Crippen LogP contribution < -0.4 is 5.56 Å². The summed E-state index contributed by atoms with van der Waals surface area (Å²) in [6, 6.07) is 2.35. The van der Waals surface area contributed by atoms with Crippen LogP contribution in [0.2, 0.25) is 0 Å². The highest BCUT2D eigenvalue weighted by molar-refractivity contribution is 5.77. The zero-order chi connectivity index (χ0) is 22.1. The summed E-state index contributed by atoms with van der Waals surface area (Å²) in [6.07, 6.45) is 12.8. The highest BCUT2D eigenvalue weighted by Gasteiger charge is 2.33. The Balaban J connectivity index is 1.36. The lowest BCUT2D eigenvalue weighted by atomic mass is 9.99. The van der Waals surface area contributed by atoms with Gasteiger partial charge in [0.15, 0.2) is 0 Å². The molecule has 4 heterocycles. The number of rotatable bonds is 5. The van der Waals surface area contributed by atoms with Crippen LogP contribution in [0.4, 0.5) is 0 Å². The van der Waals surface area contributed by atoms with Gasteiger partial charge in [0.05, 0.1) is 17.8 Å². The number of fused-ring (bicyclic) bond motifs is 1. The molecule has 1 saturated heterocycles. The van der Waals surface area contributed by atoms with E-state index in [1.807, 2.05) is 28.8 Å². The fraction of sp³-hybridized carbons (Fsp3) is 0.667. The van der Waals surface area contributed by atoms with E-state index in [-0.39, 0.29) is 23.6 Å². The molecule has 5 rings (SSSR count). The van der Waals surface area contributed by atoms with Crippen LogP contribution >= 0.6 is 0 Å². The third-order valence-corrected chi connectivity index (χ3v) is 7.55. The minimum atomic E-state index is -0.152. The van der Waals surface area contributed by atoms with Crippen LogP contribution in [0.5, 0.6) is 0 Å². The molecular weight excluding hydrogens is 404 g/mol. The number of aromatic amines is 1. The maximum atomic E-state index is 13.2. The van der Waals surface area contributed by atoms with Gasteiger partial charge in [0, 0.05) is 50.1 Å². The van der Waals surface area contributed by atoms with Crippen molar-refractivity contribution in [1.29, 1.82) is 0 Å². The molecule has 0 spiro atoms. The minimum Gasteiger partial charge on any atom is -0.332 e. The average molecular weight is 439 g/mol. The SMILES string of the molecule is C[C@@H](CC(=O)N1CCCC[C@H]1c1nc2c(c(=O)[nH]1)CCN(C1CCCC1)C2)n1cccn1. The van der Waals surface area contributed by atoms with Crippen molar-refractivity contribution in [2.24, 2.45) is 0 Å². The van der Waals surface area contributed by atoms with Crippen molar-refractivity contribution in [2.75, 3.05) is 13.1 Å². The van der Waals surface area contributed by atoms with E-state index in [1.165, 1.54) is 25.7 Å². The van der Waals surface area contributed by atoms with Crippen molar-refractivity contribution < 1.29 is 4.79 Å². The molecule has 2 fully saturated rings. The summed E-state index contributed by atoms with van der Waals surface area (Å²) < 4.78 is 1.83. The first kappa shape index (κ1) is 21.4. The number of hydrogen-bond donors (Lipinski definition) is 1.